The molecular weight excluding hydrogens is 344 g/mol. The number of fused-ring (bicyclic) bond motifs is 1. The van der Waals surface area contributed by atoms with Gasteiger partial charge in [-0.25, -0.2) is 4.98 Å². The molecule has 0 unspecified atom stereocenters. The number of ether oxygens (including phenoxy) is 2. The summed E-state index contributed by atoms with van der Waals surface area (Å²) in [5, 5.41) is 4.04. The number of anilines is 2. The normalized spacial score (nSPS) is 14.4. The van der Waals surface area contributed by atoms with Crippen molar-refractivity contribution in [3.63, 3.8) is 0 Å². The average molecular weight is 366 g/mol. The first-order chi connectivity index (χ1) is 13.2. The van der Waals surface area contributed by atoms with Gasteiger partial charge in [-0.15, -0.1) is 0 Å². The molecule has 2 heterocycles. The van der Waals surface area contributed by atoms with E-state index in [4.69, 9.17) is 9.47 Å². The van der Waals surface area contributed by atoms with E-state index < -0.39 is 0 Å². The predicted octanol–water partition coefficient (Wildman–Crippen LogP) is 3.67. The minimum atomic E-state index is -0.0119. The topological polar surface area (TPSA) is 78.3 Å². The molecule has 0 saturated heterocycles. The first-order valence-electron chi connectivity index (χ1n) is 9.06. The van der Waals surface area contributed by atoms with Crippen LogP contribution in [0.2, 0.25) is 0 Å². The minimum absolute atomic E-state index is 0.0119. The molecule has 0 spiro atoms. The zero-order chi connectivity index (χ0) is 18.8. The Hall–Kier alpha value is -3.09. The zero-order valence-electron chi connectivity index (χ0n) is 15.4. The highest BCUT2D eigenvalue weighted by Gasteiger charge is 2.20. The molecule has 0 bridgehead atoms. The third-order valence-electron chi connectivity index (χ3n) is 4.96. The first-order valence-corrected chi connectivity index (χ1v) is 9.06. The SMILES string of the molecule is COc1cc(Nc2ncc3ccc(=O)n(C4CCCC4)c3n2)cc(OC)c1. The van der Waals surface area contributed by atoms with Gasteiger partial charge >= 0.3 is 0 Å². The van der Waals surface area contributed by atoms with Gasteiger partial charge in [0.2, 0.25) is 5.95 Å². The van der Waals surface area contributed by atoms with Gasteiger partial charge in [-0.2, -0.15) is 4.98 Å². The number of hydrogen-bond donors (Lipinski definition) is 1. The highest BCUT2D eigenvalue weighted by atomic mass is 16.5. The summed E-state index contributed by atoms with van der Waals surface area (Å²) in [6.07, 6.45) is 6.06. The van der Waals surface area contributed by atoms with Crippen LogP contribution in [0.25, 0.3) is 11.0 Å². The Bertz CT molecular complexity index is 1000. The molecule has 1 fully saturated rings. The number of nitrogens with zero attached hydrogens (tertiary/aromatic N) is 3. The van der Waals surface area contributed by atoms with E-state index in [-0.39, 0.29) is 11.6 Å². The van der Waals surface area contributed by atoms with E-state index >= 15 is 0 Å². The summed E-state index contributed by atoms with van der Waals surface area (Å²) in [5.74, 6) is 1.76. The summed E-state index contributed by atoms with van der Waals surface area (Å²) in [4.78, 5) is 21.5. The van der Waals surface area contributed by atoms with Gasteiger partial charge in [0.05, 0.1) is 14.2 Å². The van der Waals surface area contributed by atoms with E-state index in [1.54, 1.807) is 38.6 Å². The second-order valence-electron chi connectivity index (χ2n) is 6.68. The number of rotatable bonds is 5. The Morgan fingerprint density at radius 3 is 2.44 bits per heavy atom. The fraction of sp³-hybridized carbons (Fsp3) is 0.350. The number of aromatic nitrogens is 3. The smallest absolute Gasteiger partial charge is 0.252 e. The van der Waals surface area contributed by atoms with Gasteiger partial charge in [0.15, 0.2) is 0 Å². The third kappa shape index (κ3) is 3.45. The predicted molar refractivity (Wildman–Crippen MR) is 104 cm³/mol. The van der Waals surface area contributed by atoms with Gasteiger partial charge < -0.3 is 14.8 Å². The first kappa shape index (κ1) is 17.3. The number of pyridine rings is 1. The molecule has 1 saturated carbocycles. The Labute approximate surface area is 157 Å². The molecule has 2 aromatic heterocycles. The molecule has 1 aliphatic rings. The molecular formula is C20H22N4O3. The molecule has 0 atom stereocenters. The van der Waals surface area contributed by atoms with E-state index in [1.165, 1.54) is 0 Å². The molecule has 1 N–H and O–H groups in total. The number of methoxy groups -OCH3 is 2. The molecule has 27 heavy (non-hydrogen) atoms. The summed E-state index contributed by atoms with van der Waals surface area (Å²) in [6, 6.07) is 9.06. The van der Waals surface area contributed by atoms with Gasteiger partial charge in [0.1, 0.15) is 17.1 Å². The van der Waals surface area contributed by atoms with Crippen LogP contribution < -0.4 is 20.3 Å². The number of nitrogens with one attached hydrogen (secondary N) is 1. The van der Waals surface area contributed by atoms with E-state index in [0.29, 0.717) is 23.1 Å². The van der Waals surface area contributed by atoms with Crippen molar-refractivity contribution in [2.75, 3.05) is 19.5 Å². The Balaban J connectivity index is 1.75. The van der Waals surface area contributed by atoms with E-state index in [9.17, 15) is 4.79 Å². The van der Waals surface area contributed by atoms with Crippen LogP contribution in [0.1, 0.15) is 31.7 Å². The van der Waals surface area contributed by atoms with Gasteiger partial charge in [-0.3, -0.25) is 9.36 Å². The molecule has 140 valence electrons. The summed E-state index contributed by atoms with van der Waals surface area (Å²) < 4.78 is 12.4. The Morgan fingerprint density at radius 2 is 1.78 bits per heavy atom. The standard InChI is InChI=1S/C20H22N4O3/c1-26-16-9-14(10-17(11-16)27-2)22-20-21-12-13-7-8-18(25)24(19(13)23-20)15-5-3-4-6-15/h7-12,15H,3-6H2,1-2H3,(H,21,22,23). The van der Waals surface area contributed by atoms with Crippen LogP contribution in [-0.2, 0) is 0 Å². The molecule has 0 amide bonds. The quantitative estimate of drug-likeness (QED) is 0.742. The summed E-state index contributed by atoms with van der Waals surface area (Å²) in [7, 11) is 3.21. The Morgan fingerprint density at radius 1 is 1.07 bits per heavy atom. The summed E-state index contributed by atoms with van der Waals surface area (Å²) >= 11 is 0. The molecule has 0 radical (unpaired) electrons. The van der Waals surface area contributed by atoms with Crippen LogP contribution in [0.15, 0.2) is 41.3 Å². The maximum atomic E-state index is 12.5. The minimum Gasteiger partial charge on any atom is -0.497 e. The van der Waals surface area contributed by atoms with E-state index in [0.717, 1.165) is 36.8 Å². The third-order valence-corrected chi connectivity index (χ3v) is 4.96. The lowest BCUT2D eigenvalue weighted by molar-refractivity contribution is 0.395. The average Bonchev–Trinajstić information content (AvgIpc) is 3.21. The molecule has 4 rings (SSSR count). The van der Waals surface area contributed by atoms with Crippen LogP contribution in [-0.4, -0.2) is 28.8 Å². The van der Waals surface area contributed by atoms with Crippen molar-refractivity contribution in [1.82, 2.24) is 14.5 Å². The second kappa shape index (κ2) is 7.26. The number of hydrogen-bond acceptors (Lipinski definition) is 6. The van der Waals surface area contributed by atoms with Crippen LogP contribution >= 0.6 is 0 Å². The fourth-order valence-electron chi connectivity index (χ4n) is 3.62. The zero-order valence-corrected chi connectivity index (χ0v) is 15.4. The van der Waals surface area contributed by atoms with Crippen LogP contribution in [0.5, 0.6) is 11.5 Å². The lowest BCUT2D eigenvalue weighted by atomic mass is 10.2. The maximum absolute atomic E-state index is 12.5. The molecule has 7 heteroatoms. The van der Waals surface area contributed by atoms with Crippen molar-refractivity contribution in [1.29, 1.82) is 0 Å². The largest absolute Gasteiger partial charge is 0.497 e. The van der Waals surface area contributed by atoms with Gasteiger partial charge in [0.25, 0.3) is 5.56 Å². The van der Waals surface area contributed by atoms with Crippen LogP contribution in [0.3, 0.4) is 0 Å². The van der Waals surface area contributed by atoms with Crippen molar-refractivity contribution in [3.05, 3.63) is 46.9 Å². The molecule has 3 aromatic rings. The van der Waals surface area contributed by atoms with Crippen molar-refractivity contribution in [2.45, 2.75) is 31.7 Å². The van der Waals surface area contributed by atoms with Crippen molar-refractivity contribution in [3.8, 4) is 11.5 Å². The highest BCUT2D eigenvalue weighted by Crippen LogP contribution is 2.31. The van der Waals surface area contributed by atoms with Crippen molar-refractivity contribution >= 4 is 22.7 Å². The summed E-state index contributed by atoms with van der Waals surface area (Å²) in [5.41, 5.74) is 1.40. The maximum Gasteiger partial charge on any atom is 0.252 e. The summed E-state index contributed by atoms with van der Waals surface area (Å²) in [6.45, 7) is 0. The molecule has 1 aromatic carbocycles. The monoisotopic (exact) mass is 366 g/mol. The fourth-order valence-corrected chi connectivity index (χ4v) is 3.62. The van der Waals surface area contributed by atoms with Crippen LogP contribution in [0, 0.1) is 0 Å². The highest BCUT2D eigenvalue weighted by molar-refractivity contribution is 5.76. The van der Waals surface area contributed by atoms with E-state index in [2.05, 4.69) is 15.3 Å². The van der Waals surface area contributed by atoms with Crippen molar-refractivity contribution < 1.29 is 9.47 Å². The van der Waals surface area contributed by atoms with E-state index in [1.807, 2.05) is 16.7 Å². The molecule has 1 aliphatic carbocycles. The van der Waals surface area contributed by atoms with Crippen LogP contribution in [0.4, 0.5) is 11.6 Å². The number of benzene rings is 1. The van der Waals surface area contributed by atoms with Gasteiger partial charge in [-0.05, 0) is 18.9 Å². The van der Waals surface area contributed by atoms with Crippen molar-refractivity contribution in [2.24, 2.45) is 0 Å². The molecule has 7 nitrogen and oxygen atoms in total. The lowest BCUT2D eigenvalue weighted by Gasteiger charge is -2.16. The molecule has 0 aliphatic heterocycles. The van der Waals surface area contributed by atoms with Gasteiger partial charge in [0, 0.05) is 47.6 Å². The van der Waals surface area contributed by atoms with Gasteiger partial charge in [-0.1, -0.05) is 12.8 Å². The second-order valence-corrected chi connectivity index (χ2v) is 6.68. The Kier molecular flexibility index (Phi) is 4.66. The lowest BCUT2D eigenvalue weighted by Crippen LogP contribution is -2.23.